The number of rotatable bonds is 12. The van der Waals surface area contributed by atoms with Gasteiger partial charge in [0.05, 0.1) is 18.6 Å². The summed E-state index contributed by atoms with van der Waals surface area (Å²) in [5.74, 6) is -0.785. The lowest BCUT2D eigenvalue weighted by molar-refractivity contribution is -0.130. The number of esters is 1. The largest absolute Gasteiger partial charge is 0.462 e. The molecule has 1 aromatic carbocycles. The van der Waals surface area contributed by atoms with Crippen LogP contribution in [0.2, 0.25) is 0 Å². The third kappa shape index (κ3) is 6.75. The van der Waals surface area contributed by atoms with Crippen LogP contribution in [0.3, 0.4) is 0 Å². The summed E-state index contributed by atoms with van der Waals surface area (Å²) in [7, 11) is 0. The van der Waals surface area contributed by atoms with E-state index in [1.807, 2.05) is 11.8 Å². The number of thiocarbonyl (C=S) groups is 1. The molecule has 1 saturated heterocycles. The summed E-state index contributed by atoms with van der Waals surface area (Å²) in [6, 6.07) is 5.93. The van der Waals surface area contributed by atoms with E-state index in [0.717, 1.165) is 19.3 Å². The van der Waals surface area contributed by atoms with Gasteiger partial charge in [-0.15, -0.1) is 0 Å². The highest BCUT2D eigenvalue weighted by Gasteiger charge is 2.42. The average molecular weight is 448 g/mol. The quantitative estimate of drug-likeness (QED) is 0.297. The zero-order valence-corrected chi connectivity index (χ0v) is 19.5. The molecular weight excluding hydrogens is 414 g/mol. The maximum atomic E-state index is 12.8. The molecule has 1 aliphatic rings. The summed E-state index contributed by atoms with van der Waals surface area (Å²) in [5, 5.41) is 3.32. The second-order valence-electron chi connectivity index (χ2n) is 7.54. The molecule has 0 aromatic heterocycles. The second kappa shape index (κ2) is 12.4. The fourth-order valence-electron chi connectivity index (χ4n) is 3.61. The number of carbonyl (C=O) groups excluding carboxylic acids is 3. The number of likely N-dealkylation sites (N-methyl/N-ethyl adjacent to an activating group) is 1. The highest BCUT2D eigenvalue weighted by Crippen LogP contribution is 2.22. The van der Waals surface area contributed by atoms with E-state index in [0.29, 0.717) is 36.1 Å². The maximum absolute atomic E-state index is 12.8. The van der Waals surface area contributed by atoms with Gasteiger partial charge in [0.15, 0.2) is 5.11 Å². The van der Waals surface area contributed by atoms with Crippen LogP contribution in [0.5, 0.6) is 0 Å². The zero-order valence-electron chi connectivity index (χ0n) is 18.7. The van der Waals surface area contributed by atoms with Gasteiger partial charge < -0.3 is 15.0 Å². The van der Waals surface area contributed by atoms with Crippen molar-refractivity contribution in [1.29, 1.82) is 0 Å². The Bertz CT molecular complexity index is 782. The van der Waals surface area contributed by atoms with Crippen molar-refractivity contribution in [3.8, 4) is 0 Å². The number of hydrogen-bond acceptors (Lipinski definition) is 5. The van der Waals surface area contributed by atoms with Gasteiger partial charge in [0, 0.05) is 18.8 Å². The molecular formula is C23H33N3O4S. The fourth-order valence-corrected chi connectivity index (χ4v) is 4.05. The summed E-state index contributed by atoms with van der Waals surface area (Å²) in [6.07, 6.45) is 5.59. The van der Waals surface area contributed by atoms with E-state index in [1.165, 1.54) is 12.8 Å². The second-order valence-corrected chi connectivity index (χ2v) is 7.90. The van der Waals surface area contributed by atoms with E-state index in [-0.39, 0.29) is 18.2 Å². The molecule has 0 spiro atoms. The summed E-state index contributed by atoms with van der Waals surface area (Å²) < 4.78 is 4.96. The number of hydrogen-bond donors (Lipinski definition) is 1. The maximum Gasteiger partial charge on any atom is 0.338 e. The number of amides is 2. The molecule has 1 unspecified atom stereocenters. The highest BCUT2D eigenvalue weighted by atomic mass is 32.1. The number of carbonyl (C=O) groups is 3. The molecule has 1 aromatic rings. The predicted molar refractivity (Wildman–Crippen MR) is 125 cm³/mol. The molecule has 1 aliphatic heterocycles. The SMILES string of the molecule is CCCCCCCN1C(=S)N(CC)C(=O)C1CC(=O)Nc1ccc(C(=O)OCC)cc1. The van der Waals surface area contributed by atoms with Crippen molar-refractivity contribution in [2.24, 2.45) is 0 Å². The van der Waals surface area contributed by atoms with E-state index >= 15 is 0 Å². The van der Waals surface area contributed by atoms with Crippen LogP contribution >= 0.6 is 12.2 Å². The summed E-state index contributed by atoms with van der Waals surface area (Å²) in [4.78, 5) is 40.7. The molecule has 1 fully saturated rings. The minimum Gasteiger partial charge on any atom is -0.462 e. The molecule has 1 atom stereocenters. The van der Waals surface area contributed by atoms with Crippen molar-refractivity contribution in [1.82, 2.24) is 9.80 Å². The Morgan fingerprint density at radius 3 is 2.35 bits per heavy atom. The topological polar surface area (TPSA) is 79.0 Å². The Hall–Kier alpha value is -2.48. The van der Waals surface area contributed by atoms with Crippen LogP contribution in [-0.2, 0) is 14.3 Å². The van der Waals surface area contributed by atoms with Crippen LogP contribution in [0.4, 0.5) is 5.69 Å². The van der Waals surface area contributed by atoms with Crippen LogP contribution < -0.4 is 5.32 Å². The molecule has 0 saturated carbocycles. The van der Waals surface area contributed by atoms with E-state index in [4.69, 9.17) is 17.0 Å². The monoisotopic (exact) mass is 447 g/mol. The molecule has 2 rings (SSSR count). The zero-order chi connectivity index (χ0) is 22.8. The molecule has 0 bridgehead atoms. The first kappa shape index (κ1) is 24.8. The lowest BCUT2D eigenvalue weighted by Crippen LogP contribution is -2.38. The van der Waals surface area contributed by atoms with Gasteiger partial charge in [-0.3, -0.25) is 14.5 Å². The minimum atomic E-state index is -0.572. The number of nitrogens with one attached hydrogen (secondary N) is 1. The van der Waals surface area contributed by atoms with E-state index in [1.54, 1.807) is 36.1 Å². The molecule has 2 amide bonds. The Balaban J connectivity index is 1.98. The van der Waals surface area contributed by atoms with Crippen molar-refractivity contribution in [3.05, 3.63) is 29.8 Å². The van der Waals surface area contributed by atoms with Crippen LogP contribution in [0.25, 0.3) is 0 Å². The first-order valence-corrected chi connectivity index (χ1v) is 11.5. The van der Waals surface area contributed by atoms with Crippen molar-refractivity contribution >= 4 is 40.8 Å². The van der Waals surface area contributed by atoms with Crippen molar-refractivity contribution in [2.45, 2.75) is 65.3 Å². The first-order valence-electron chi connectivity index (χ1n) is 11.1. The van der Waals surface area contributed by atoms with Crippen LogP contribution in [0, 0.1) is 0 Å². The van der Waals surface area contributed by atoms with Crippen molar-refractivity contribution in [3.63, 3.8) is 0 Å². The van der Waals surface area contributed by atoms with Gasteiger partial charge in [0.25, 0.3) is 5.91 Å². The Labute approximate surface area is 190 Å². The molecule has 0 radical (unpaired) electrons. The fraction of sp³-hybridized carbons (Fsp3) is 0.565. The van der Waals surface area contributed by atoms with E-state index < -0.39 is 12.0 Å². The number of benzene rings is 1. The third-order valence-corrected chi connectivity index (χ3v) is 5.74. The standard InChI is InChI=1S/C23H33N3O4S/c1-4-7-8-9-10-15-26-19(21(28)25(5-2)23(26)31)16-20(27)24-18-13-11-17(12-14-18)22(29)30-6-3/h11-14,19H,4-10,15-16H2,1-3H3,(H,24,27). The highest BCUT2D eigenvalue weighted by molar-refractivity contribution is 7.80. The third-order valence-electron chi connectivity index (χ3n) is 5.28. The lowest BCUT2D eigenvalue weighted by atomic mass is 10.1. The van der Waals surface area contributed by atoms with Crippen LogP contribution in [0.1, 0.15) is 69.7 Å². The molecule has 1 heterocycles. The van der Waals surface area contributed by atoms with E-state index in [2.05, 4.69) is 12.2 Å². The van der Waals surface area contributed by atoms with Crippen LogP contribution in [0.15, 0.2) is 24.3 Å². The van der Waals surface area contributed by atoms with Gasteiger partial charge in [0.1, 0.15) is 6.04 Å². The van der Waals surface area contributed by atoms with Crippen LogP contribution in [-0.4, -0.2) is 58.4 Å². The Morgan fingerprint density at radius 1 is 1.06 bits per heavy atom. The van der Waals surface area contributed by atoms with Gasteiger partial charge in [-0.2, -0.15) is 0 Å². The summed E-state index contributed by atoms with van der Waals surface area (Å²) >= 11 is 5.51. The van der Waals surface area contributed by atoms with Gasteiger partial charge >= 0.3 is 5.97 Å². The molecule has 7 nitrogen and oxygen atoms in total. The number of ether oxygens (including phenoxy) is 1. The molecule has 0 aliphatic carbocycles. The Morgan fingerprint density at radius 2 is 1.74 bits per heavy atom. The first-order chi connectivity index (χ1) is 14.9. The number of nitrogens with zero attached hydrogens (tertiary/aromatic N) is 2. The summed E-state index contributed by atoms with van der Waals surface area (Å²) in [6.45, 7) is 7.28. The van der Waals surface area contributed by atoms with Gasteiger partial charge in [-0.25, -0.2) is 4.79 Å². The van der Waals surface area contributed by atoms with Gasteiger partial charge in [-0.1, -0.05) is 32.6 Å². The predicted octanol–water partition coefficient (Wildman–Crippen LogP) is 3.98. The van der Waals surface area contributed by atoms with E-state index in [9.17, 15) is 14.4 Å². The number of anilines is 1. The van der Waals surface area contributed by atoms with Crippen molar-refractivity contribution in [2.75, 3.05) is 25.0 Å². The molecule has 170 valence electrons. The molecule has 1 N–H and O–H groups in total. The normalized spacial score (nSPS) is 16.0. The van der Waals surface area contributed by atoms with Gasteiger partial charge in [-0.05, 0) is 56.8 Å². The smallest absolute Gasteiger partial charge is 0.338 e. The molecule has 31 heavy (non-hydrogen) atoms. The lowest BCUT2D eigenvalue weighted by Gasteiger charge is -2.23. The van der Waals surface area contributed by atoms with Gasteiger partial charge in [0.2, 0.25) is 5.91 Å². The minimum absolute atomic E-state index is 0.0318. The average Bonchev–Trinajstić information content (AvgIpc) is 2.97. The summed E-state index contributed by atoms with van der Waals surface area (Å²) in [5.41, 5.74) is 0.980. The Kier molecular flexibility index (Phi) is 9.91. The molecule has 8 heteroatoms. The van der Waals surface area contributed by atoms with Crippen molar-refractivity contribution < 1.29 is 19.1 Å². The number of unbranched alkanes of at least 4 members (excludes halogenated alkanes) is 4.